The van der Waals surface area contributed by atoms with Crippen LogP contribution >= 0.6 is 0 Å². The molecule has 0 saturated carbocycles. The molecule has 0 radical (unpaired) electrons. The lowest BCUT2D eigenvalue weighted by atomic mass is 10.0. The highest BCUT2D eigenvalue weighted by atomic mass is 19.1. The van der Waals surface area contributed by atoms with Gasteiger partial charge in [0, 0.05) is 18.2 Å². The van der Waals surface area contributed by atoms with Gasteiger partial charge in [0.2, 0.25) is 0 Å². The van der Waals surface area contributed by atoms with E-state index in [0.717, 1.165) is 0 Å². The van der Waals surface area contributed by atoms with Crippen molar-refractivity contribution in [3.05, 3.63) is 35.6 Å². The molecule has 2 atom stereocenters. The monoisotopic (exact) mass is 225 g/mol. The first-order chi connectivity index (χ1) is 7.52. The van der Waals surface area contributed by atoms with E-state index in [1.54, 1.807) is 32.0 Å². The number of carboxylic acid groups (broad SMARTS) is 1. The van der Waals surface area contributed by atoms with Crippen molar-refractivity contribution in [2.45, 2.75) is 26.4 Å². The molecule has 16 heavy (non-hydrogen) atoms. The minimum Gasteiger partial charge on any atom is -0.481 e. The number of rotatable bonds is 5. The lowest BCUT2D eigenvalue weighted by molar-refractivity contribution is -0.141. The van der Waals surface area contributed by atoms with Gasteiger partial charge in [-0.25, -0.2) is 4.39 Å². The zero-order chi connectivity index (χ0) is 12.1. The zero-order valence-electron chi connectivity index (χ0n) is 9.40. The van der Waals surface area contributed by atoms with E-state index in [1.165, 1.54) is 6.07 Å². The summed E-state index contributed by atoms with van der Waals surface area (Å²) in [5, 5.41) is 11.8. The van der Waals surface area contributed by atoms with Crippen LogP contribution in [0.5, 0.6) is 0 Å². The first kappa shape index (κ1) is 12.6. The Morgan fingerprint density at radius 3 is 2.62 bits per heavy atom. The van der Waals surface area contributed by atoms with Crippen LogP contribution in [0, 0.1) is 11.7 Å². The number of benzene rings is 1. The SMILES string of the molecule is CC(NCc1ccccc1F)C(C)C(=O)O. The summed E-state index contributed by atoms with van der Waals surface area (Å²) in [4.78, 5) is 10.7. The molecule has 0 saturated heterocycles. The highest BCUT2D eigenvalue weighted by Crippen LogP contribution is 2.08. The lowest BCUT2D eigenvalue weighted by Gasteiger charge is -2.17. The van der Waals surface area contributed by atoms with Crippen molar-refractivity contribution < 1.29 is 14.3 Å². The fourth-order valence-corrected chi connectivity index (χ4v) is 1.30. The molecule has 0 bridgehead atoms. The number of halogens is 1. The molecule has 1 rings (SSSR count). The molecular weight excluding hydrogens is 209 g/mol. The summed E-state index contributed by atoms with van der Waals surface area (Å²) in [5.41, 5.74) is 0.548. The van der Waals surface area contributed by atoms with Gasteiger partial charge in [-0.1, -0.05) is 25.1 Å². The summed E-state index contributed by atoms with van der Waals surface area (Å²) in [6.45, 7) is 3.74. The normalized spacial score (nSPS) is 14.4. The largest absolute Gasteiger partial charge is 0.481 e. The summed E-state index contributed by atoms with van der Waals surface area (Å²) in [7, 11) is 0. The standard InChI is InChI=1S/C12H16FNO2/c1-8(12(15)16)9(2)14-7-10-5-3-4-6-11(10)13/h3-6,8-9,14H,7H2,1-2H3,(H,15,16). The molecule has 1 aromatic carbocycles. The van der Waals surface area contributed by atoms with Gasteiger partial charge in [-0.15, -0.1) is 0 Å². The molecule has 4 heteroatoms. The van der Waals surface area contributed by atoms with Gasteiger partial charge in [0.1, 0.15) is 5.82 Å². The van der Waals surface area contributed by atoms with Gasteiger partial charge in [0.25, 0.3) is 0 Å². The second-order valence-corrected chi connectivity index (χ2v) is 3.89. The van der Waals surface area contributed by atoms with Crippen LogP contribution in [-0.4, -0.2) is 17.1 Å². The summed E-state index contributed by atoms with van der Waals surface area (Å²) in [6, 6.07) is 6.26. The molecule has 1 aromatic rings. The molecule has 0 amide bonds. The Kier molecular flexibility index (Phi) is 4.43. The van der Waals surface area contributed by atoms with Crippen LogP contribution in [-0.2, 0) is 11.3 Å². The Hall–Kier alpha value is -1.42. The predicted octanol–water partition coefficient (Wildman–Crippen LogP) is 2.02. The van der Waals surface area contributed by atoms with E-state index in [-0.39, 0.29) is 11.9 Å². The van der Waals surface area contributed by atoms with E-state index in [2.05, 4.69) is 5.32 Å². The number of carbonyl (C=O) groups is 1. The van der Waals surface area contributed by atoms with Crippen molar-refractivity contribution in [3.8, 4) is 0 Å². The smallest absolute Gasteiger partial charge is 0.307 e. The van der Waals surface area contributed by atoms with E-state index >= 15 is 0 Å². The van der Waals surface area contributed by atoms with Crippen LogP contribution in [0.2, 0.25) is 0 Å². The predicted molar refractivity (Wildman–Crippen MR) is 59.5 cm³/mol. The minimum absolute atomic E-state index is 0.197. The number of hydrogen-bond donors (Lipinski definition) is 2. The average Bonchev–Trinajstić information content (AvgIpc) is 2.26. The van der Waals surface area contributed by atoms with Gasteiger partial charge in [-0.05, 0) is 13.0 Å². The maximum absolute atomic E-state index is 13.2. The quantitative estimate of drug-likeness (QED) is 0.806. The Labute approximate surface area is 94.3 Å². The number of aliphatic carboxylic acids is 1. The molecule has 0 heterocycles. The third kappa shape index (κ3) is 3.31. The third-order valence-electron chi connectivity index (χ3n) is 2.71. The van der Waals surface area contributed by atoms with Crippen LogP contribution in [0.15, 0.2) is 24.3 Å². The highest BCUT2D eigenvalue weighted by Gasteiger charge is 2.18. The first-order valence-corrected chi connectivity index (χ1v) is 5.22. The summed E-state index contributed by atoms with van der Waals surface area (Å²) >= 11 is 0. The van der Waals surface area contributed by atoms with E-state index < -0.39 is 11.9 Å². The van der Waals surface area contributed by atoms with Gasteiger partial charge in [-0.3, -0.25) is 4.79 Å². The summed E-state index contributed by atoms with van der Waals surface area (Å²) in [5.74, 6) is -1.62. The Morgan fingerprint density at radius 2 is 2.06 bits per heavy atom. The van der Waals surface area contributed by atoms with Crippen LogP contribution < -0.4 is 5.32 Å². The van der Waals surface area contributed by atoms with E-state index in [4.69, 9.17) is 5.11 Å². The van der Waals surface area contributed by atoms with Gasteiger partial charge in [0.05, 0.1) is 5.92 Å². The molecule has 0 aliphatic carbocycles. The molecule has 88 valence electrons. The Morgan fingerprint density at radius 1 is 1.44 bits per heavy atom. The molecule has 0 spiro atoms. The molecular formula is C12H16FNO2. The van der Waals surface area contributed by atoms with Crippen molar-refractivity contribution in [1.29, 1.82) is 0 Å². The van der Waals surface area contributed by atoms with Gasteiger partial charge >= 0.3 is 5.97 Å². The topological polar surface area (TPSA) is 49.3 Å². The molecule has 2 unspecified atom stereocenters. The molecule has 0 fully saturated rings. The number of carboxylic acids is 1. The Balaban J connectivity index is 2.52. The summed E-state index contributed by atoms with van der Waals surface area (Å²) < 4.78 is 13.2. The Bertz CT molecular complexity index is 368. The van der Waals surface area contributed by atoms with Crippen LogP contribution in [0.3, 0.4) is 0 Å². The second kappa shape index (κ2) is 5.61. The van der Waals surface area contributed by atoms with Gasteiger partial charge in [-0.2, -0.15) is 0 Å². The van der Waals surface area contributed by atoms with E-state index in [9.17, 15) is 9.18 Å². The third-order valence-corrected chi connectivity index (χ3v) is 2.71. The first-order valence-electron chi connectivity index (χ1n) is 5.22. The fraction of sp³-hybridized carbons (Fsp3) is 0.417. The number of nitrogens with one attached hydrogen (secondary N) is 1. The van der Waals surface area contributed by atoms with Gasteiger partial charge in [0.15, 0.2) is 0 Å². The van der Waals surface area contributed by atoms with Crippen LogP contribution in [0.25, 0.3) is 0 Å². The van der Waals surface area contributed by atoms with E-state index in [0.29, 0.717) is 12.1 Å². The van der Waals surface area contributed by atoms with Gasteiger partial charge < -0.3 is 10.4 Å². The second-order valence-electron chi connectivity index (χ2n) is 3.89. The van der Waals surface area contributed by atoms with Crippen molar-refractivity contribution in [1.82, 2.24) is 5.32 Å². The minimum atomic E-state index is -0.853. The van der Waals surface area contributed by atoms with Crippen molar-refractivity contribution in [2.24, 2.45) is 5.92 Å². The molecule has 2 N–H and O–H groups in total. The molecule has 0 aliphatic heterocycles. The fourth-order valence-electron chi connectivity index (χ4n) is 1.30. The number of hydrogen-bond acceptors (Lipinski definition) is 2. The lowest BCUT2D eigenvalue weighted by Crippen LogP contribution is -2.35. The van der Waals surface area contributed by atoms with E-state index in [1.807, 2.05) is 0 Å². The van der Waals surface area contributed by atoms with Crippen LogP contribution in [0.4, 0.5) is 4.39 Å². The molecule has 0 aliphatic rings. The maximum atomic E-state index is 13.2. The average molecular weight is 225 g/mol. The van der Waals surface area contributed by atoms with Crippen molar-refractivity contribution in [3.63, 3.8) is 0 Å². The molecule has 0 aromatic heterocycles. The summed E-state index contributed by atoms with van der Waals surface area (Å²) in [6.07, 6.45) is 0. The van der Waals surface area contributed by atoms with Crippen molar-refractivity contribution >= 4 is 5.97 Å². The highest BCUT2D eigenvalue weighted by molar-refractivity contribution is 5.70. The van der Waals surface area contributed by atoms with Crippen LogP contribution in [0.1, 0.15) is 19.4 Å². The maximum Gasteiger partial charge on any atom is 0.307 e. The van der Waals surface area contributed by atoms with Crippen molar-refractivity contribution in [2.75, 3.05) is 0 Å². The molecule has 3 nitrogen and oxygen atoms in total. The zero-order valence-corrected chi connectivity index (χ0v) is 9.40.